The van der Waals surface area contributed by atoms with Gasteiger partial charge in [-0.1, -0.05) is 24.3 Å². The molecule has 2 aromatic carbocycles. The molecule has 24 heavy (non-hydrogen) atoms. The molecule has 0 saturated carbocycles. The van der Waals surface area contributed by atoms with E-state index >= 15 is 0 Å². The van der Waals surface area contributed by atoms with E-state index in [4.69, 9.17) is 0 Å². The number of amides is 1. The van der Waals surface area contributed by atoms with Crippen molar-refractivity contribution in [3.63, 3.8) is 0 Å². The summed E-state index contributed by atoms with van der Waals surface area (Å²) in [7, 11) is 0. The largest absolute Gasteiger partial charge is 0.384 e. The number of anilines is 2. The van der Waals surface area contributed by atoms with Crippen LogP contribution in [0.5, 0.6) is 0 Å². The lowest BCUT2D eigenvalue weighted by molar-refractivity contribution is 0.0773. The number of fused-ring (bicyclic) bond motifs is 1. The normalized spacial score (nSPS) is 12.4. The zero-order valence-corrected chi connectivity index (χ0v) is 14.4. The molecule has 2 aromatic rings. The number of nitrogens with zero attached hydrogens (tertiary/aromatic N) is 1. The number of rotatable bonds is 6. The zero-order chi connectivity index (χ0) is 16.9. The number of benzene rings is 2. The van der Waals surface area contributed by atoms with Crippen molar-refractivity contribution in [3.8, 4) is 0 Å². The van der Waals surface area contributed by atoms with E-state index in [1.807, 2.05) is 43.0 Å². The van der Waals surface area contributed by atoms with Gasteiger partial charge in [-0.3, -0.25) is 4.79 Å². The van der Waals surface area contributed by atoms with Gasteiger partial charge in [0.1, 0.15) is 0 Å². The SMILES string of the molecule is CCN(CC)C(=O)c1cccc(NCc2cccc3c2NCC3)c1. The molecule has 0 radical (unpaired) electrons. The molecule has 0 bridgehead atoms. The van der Waals surface area contributed by atoms with Gasteiger partial charge in [-0.05, 0) is 49.6 Å². The van der Waals surface area contributed by atoms with Crippen LogP contribution >= 0.6 is 0 Å². The van der Waals surface area contributed by atoms with Crippen LogP contribution in [0, 0.1) is 0 Å². The van der Waals surface area contributed by atoms with Gasteiger partial charge in [0, 0.05) is 43.1 Å². The first kappa shape index (κ1) is 16.4. The molecule has 0 saturated heterocycles. The quantitative estimate of drug-likeness (QED) is 0.851. The maximum absolute atomic E-state index is 12.5. The van der Waals surface area contributed by atoms with Crippen molar-refractivity contribution < 1.29 is 4.79 Å². The van der Waals surface area contributed by atoms with Gasteiger partial charge in [0.25, 0.3) is 5.91 Å². The second-order valence-electron chi connectivity index (χ2n) is 6.04. The fraction of sp³-hybridized carbons (Fsp3) is 0.350. The summed E-state index contributed by atoms with van der Waals surface area (Å²) in [6.45, 7) is 7.24. The lowest BCUT2D eigenvalue weighted by Gasteiger charge is -2.19. The molecule has 1 aliphatic heterocycles. The van der Waals surface area contributed by atoms with Crippen LogP contribution in [0.25, 0.3) is 0 Å². The lowest BCUT2D eigenvalue weighted by atomic mass is 10.1. The van der Waals surface area contributed by atoms with Gasteiger partial charge in [0.15, 0.2) is 0 Å². The monoisotopic (exact) mass is 323 g/mol. The summed E-state index contributed by atoms with van der Waals surface area (Å²) in [5.41, 5.74) is 5.63. The predicted molar refractivity (Wildman–Crippen MR) is 99.7 cm³/mol. The van der Waals surface area contributed by atoms with Crippen molar-refractivity contribution in [2.45, 2.75) is 26.8 Å². The Morgan fingerprint density at radius 1 is 1.17 bits per heavy atom. The van der Waals surface area contributed by atoms with Crippen LogP contribution in [-0.4, -0.2) is 30.4 Å². The van der Waals surface area contributed by atoms with E-state index in [-0.39, 0.29) is 5.91 Å². The van der Waals surface area contributed by atoms with Crippen LogP contribution in [-0.2, 0) is 13.0 Å². The Morgan fingerprint density at radius 3 is 2.75 bits per heavy atom. The maximum Gasteiger partial charge on any atom is 0.253 e. The minimum atomic E-state index is 0.0888. The van der Waals surface area contributed by atoms with Crippen molar-refractivity contribution in [2.75, 3.05) is 30.3 Å². The minimum absolute atomic E-state index is 0.0888. The molecule has 2 N–H and O–H groups in total. The molecule has 0 unspecified atom stereocenters. The van der Waals surface area contributed by atoms with Crippen LogP contribution in [0.2, 0.25) is 0 Å². The Hall–Kier alpha value is -2.49. The summed E-state index contributed by atoms with van der Waals surface area (Å²) in [6, 6.07) is 14.2. The lowest BCUT2D eigenvalue weighted by Crippen LogP contribution is -2.30. The summed E-state index contributed by atoms with van der Waals surface area (Å²) in [6.07, 6.45) is 1.09. The summed E-state index contributed by atoms with van der Waals surface area (Å²) in [5, 5.41) is 6.91. The number of hydrogen-bond donors (Lipinski definition) is 2. The first-order chi connectivity index (χ1) is 11.7. The number of carbonyl (C=O) groups is 1. The highest BCUT2D eigenvalue weighted by Crippen LogP contribution is 2.27. The predicted octanol–water partition coefficient (Wildman–Crippen LogP) is 3.75. The molecule has 0 spiro atoms. The Balaban J connectivity index is 1.72. The van der Waals surface area contributed by atoms with E-state index in [0.717, 1.165) is 43.9 Å². The molecule has 3 rings (SSSR count). The molecule has 0 aromatic heterocycles. The molecule has 0 atom stereocenters. The molecule has 1 aliphatic rings. The van der Waals surface area contributed by atoms with Crippen LogP contribution in [0.4, 0.5) is 11.4 Å². The number of nitrogens with one attached hydrogen (secondary N) is 2. The van der Waals surface area contributed by atoms with Crippen LogP contribution < -0.4 is 10.6 Å². The summed E-state index contributed by atoms with van der Waals surface area (Å²) >= 11 is 0. The molecule has 1 heterocycles. The fourth-order valence-electron chi connectivity index (χ4n) is 3.21. The van der Waals surface area contributed by atoms with E-state index < -0.39 is 0 Å². The number of hydrogen-bond acceptors (Lipinski definition) is 3. The van der Waals surface area contributed by atoms with Crippen molar-refractivity contribution in [2.24, 2.45) is 0 Å². The zero-order valence-electron chi connectivity index (χ0n) is 14.4. The highest BCUT2D eigenvalue weighted by molar-refractivity contribution is 5.95. The first-order valence-electron chi connectivity index (χ1n) is 8.70. The second-order valence-corrected chi connectivity index (χ2v) is 6.04. The molecule has 0 fully saturated rings. The van der Waals surface area contributed by atoms with Crippen molar-refractivity contribution >= 4 is 17.3 Å². The number of carbonyl (C=O) groups excluding carboxylic acids is 1. The van der Waals surface area contributed by atoms with Gasteiger partial charge >= 0.3 is 0 Å². The van der Waals surface area contributed by atoms with Gasteiger partial charge in [-0.2, -0.15) is 0 Å². The third-order valence-corrected chi connectivity index (χ3v) is 4.58. The van der Waals surface area contributed by atoms with Crippen LogP contribution in [0.1, 0.15) is 35.3 Å². The highest BCUT2D eigenvalue weighted by Gasteiger charge is 2.14. The molecule has 1 amide bonds. The average molecular weight is 323 g/mol. The van der Waals surface area contributed by atoms with Gasteiger partial charge in [0.05, 0.1) is 0 Å². The Kier molecular flexibility index (Phi) is 5.04. The summed E-state index contributed by atoms with van der Waals surface area (Å²) < 4.78 is 0. The fourth-order valence-corrected chi connectivity index (χ4v) is 3.21. The van der Waals surface area contributed by atoms with Gasteiger partial charge in [-0.15, -0.1) is 0 Å². The molecule has 0 aliphatic carbocycles. The van der Waals surface area contributed by atoms with Crippen molar-refractivity contribution in [1.29, 1.82) is 0 Å². The topological polar surface area (TPSA) is 44.4 Å². The Morgan fingerprint density at radius 2 is 1.96 bits per heavy atom. The van der Waals surface area contributed by atoms with E-state index in [9.17, 15) is 4.79 Å². The highest BCUT2D eigenvalue weighted by atomic mass is 16.2. The number of para-hydroxylation sites is 1. The molecular weight excluding hydrogens is 298 g/mol. The molecule has 4 heteroatoms. The van der Waals surface area contributed by atoms with Gasteiger partial charge in [-0.25, -0.2) is 0 Å². The van der Waals surface area contributed by atoms with Crippen molar-refractivity contribution in [3.05, 3.63) is 59.2 Å². The van der Waals surface area contributed by atoms with Crippen LogP contribution in [0.3, 0.4) is 0 Å². The Labute approximate surface area is 143 Å². The smallest absolute Gasteiger partial charge is 0.253 e. The minimum Gasteiger partial charge on any atom is -0.384 e. The van der Waals surface area contributed by atoms with E-state index in [2.05, 4.69) is 28.8 Å². The third-order valence-electron chi connectivity index (χ3n) is 4.58. The van der Waals surface area contributed by atoms with Gasteiger partial charge < -0.3 is 15.5 Å². The molecule has 126 valence electrons. The van der Waals surface area contributed by atoms with E-state index in [1.165, 1.54) is 16.8 Å². The first-order valence-corrected chi connectivity index (χ1v) is 8.70. The average Bonchev–Trinajstić information content (AvgIpc) is 3.10. The molecular formula is C20H25N3O. The van der Waals surface area contributed by atoms with Gasteiger partial charge in [0.2, 0.25) is 0 Å². The van der Waals surface area contributed by atoms with Crippen LogP contribution in [0.15, 0.2) is 42.5 Å². The second kappa shape index (κ2) is 7.39. The standard InChI is InChI=1S/C20H25N3O/c1-3-23(4-2)20(24)16-8-6-10-18(13-16)22-14-17-9-5-7-15-11-12-21-19(15)17/h5-10,13,21-22H,3-4,11-12,14H2,1-2H3. The Bertz CT molecular complexity index is 723. The summed E-state index contributed by atoms with van der Waals surface area (Å²) in [4.78, 5) is 14.3. The molecule has 4 nitrogen and oxygen atoms in total. The van der Waals surface area contributed by atoms with E-state index in [0.29, 0.717) is 0 Å². The summed E-state index contributed by atoms with van der Waals surface area (Å²) in [5.74, 6) is 0.0888. The third kappa shape index (κ3) is 3.37. The van der Waals surface area contributed by atoms with E-state index in [1.54, 1.807) is 0 Å². The maximum atomic E-state index is 12.5. The van der Waals surface area contributed by atoms with Crippen molar-refractivity contribution in [1.82, 2.24) is 4.90 Å².